The van der Waals surface area contributed by atoms with Gasteiger partial charge in [0.2, 0.25) is 0 Å². The van der Waals surface area contributed by atoms with Crippen molar-refractivity contribution in [1.82, 2.24) is 5.32 Å². The molecule has 1 unspecified atom stereocenters. The molecule has 0 heterocycles. The average Bonchev–Trinajstić information content (AvgIpc) is 2.71. The van der Waals surface area contributed by atoms with Gasteiger partial charge in [-0.05, 0) is 55.3 Å². The van der Waals surface area contributed by atoms with Crippen LogP contribution >= 0.6 is 11.6 Å². The van der Waals surface area contributed by atoms with E-state index in [0.29, 0.717) is 21.8 Å². The molecular weight excluding hydrogens is 372 g/mol. The lowest BCUT2D eigenvalue weighted by atomic mass is 10.1. The van der Waals surface area contributed by atoms with Crippen molar-refractivity contribution in [3.05, 3.63) is 100 Å². The molecule has 4 nitrogen and oxygen atoms in total. The van der Waals surface area contributed by atoms with Crippen molar-refractivity contribution >= 4 is 29.1 Å². The number of carbonyl (C=O) groups is 2. The molecule has 2 N–H and O–H groups in total. The van der Waals surface area contributed by atoms with Crippen LogP contribution in [0, 0.1) is 6.92 Å². The molecule has 0 radical (unpaired) electrons. The standard InChI is InChI=1S/C23H21ClN2O2/c1-15-11-12-20(24)14-21(15)26-23(28)19-10-6-9-18(13-19)22(27)25-16(2)17-7-4-3-5-8-17/h3-14,16H,1-2H3,(H,25,27)(H,26,28). The Balaban J connectivity index is 1.73. The third-order valence-electron chi connectivity index (χ3n) is 4.48. The number of halogens is 1. The van der Waals surface area contributed by atoms with Crippen molar-refractivity contribution in [2.75, 3.05) is 5.32 Å². The summed E-state index contributed by atoms with van der Waals surface area (Å²) in [5, 5.41) is 6.35. The molecule has 0 aliphatic rings. The third kappa shape index (κ3) is 4.78. The van der Waals surface area contributed by atoms with Gasteiger partial charge in [-0.3, -0.25) is 9.59 Å². The van der Waals surface area contributed by atoms with Crippen LogP contribution in [-0.4, -0.2) is 11.8 Å². The number of aryl methyl sites for hydroxylation is 1. The van der Waals surface area contributed by atoms with Gasteiger partial charge in [-0.2, -0.15) is 0 Å². The molecule has 0 aliphatic heterocycles. The van der Waals surface area contributed by atoms with E-state index in [9.17, 15) is 9.59 Å². The summed E-state index contributed by atoms with van der Waals surface area (Å²) in [4.78, 5) is 25.2. The van der Waals surface area contributed by atoms with Gasteiger partial charge in [-0.15, -0.1) is 0 Å². The van der Waals surface area contributed by atoms with Crippen molar-refractivity contribution in [2.45, 2.75) is 19.9 Å². The minimum Gasteiger partial charge on any atom is -0.346 e. The fraction of sp³-hybridized carbons (Fsp3) is 0.130. The molecule has 0 aromatic heterocycles. The van der Waals surface area contributed by atoms with E-state index in [-0.39, 0.29) is 17.9 Å². The summed E-state index contributed by atoms with van der Waals surface area (Å²) < 4.78 is 0. The Morgan fingerprint density at radius 1 is 0.857 bits per heavy atom. The number of hydrogen-bond acceptors (Lipinski definition) is 2. The van der Waals surface area contributed by atoms with E-state index in [4.69, 9.17) is 11.6 Å². The quantitative estimate of drug-likeness (QED) is 0.611. The van der Waals surface area contributed by atoms with Gasteiger partial charge in [0.05, 0.1) is 6.04 Å². The summed E-state index contributed by atoms with van der Waals surface area (Å²) in [6.45, 7) is 3.81. The zero-order valence-electron chi connectivity index (χ0n) is 15.7. The van der Waals surface area contributed by atoms with Gasteiger partial charge in [0.15, 0.2) is 0 Å². The highest BCUT2D eigenvalue weighted by Crippen LogP contribution is 2.21. The van der Waals surface area contributed by atoms with Crippen LogP contribution in [0.15, 0.2) is 72.8 Å². The minimum atomic E-state index is -0.295. The van der Waals surface area contributed by atoms with Crippen LogP contribution < -0.4 is 10.6 Å². The van der Waals surface area contributed by atoms with Crippen LogP contribution in [-0.2, 0) is 0 Å². The summed E-state index contributed by atoms with van der Waals surface area (Å²) in [6, 6.07) is 21.5. The molecule has 0 fully saturated rings. The Kier molecular flexibility index (Phi) is 6.12. The number of amides is 2. The minimum absolute atomic E-state index is 0.139. The molecule has 142 valence electrons. The number of anilines is 1. The lowest BCUT2D eigenvalue weighted by Crippen LogP contribution is -2.27. The van der Waals surface area contributed by atoms with E-state index in [0.717, 1.165) is 11.1 Å². The Morgan fingerprint density at radius 3 is 2.25 bits per heavy atom. The van der Waals surface area contributed by atoms with Gasteiger partial charge < -0.3 is 10.6 Å². The summed E-state index contributed by atoms with van der Waals surface area (Å²) >= 11 is 6.01. The van der Waals surface area contributed by atoms with E-state index >= 15 is 0 Å². The lowest BCUT2D eigenvalue weighted by Gasteiger charge is -2.15. The normalized spacial score (nSPS) is 11.5. The Bertz CT molecular complexity index is 1000. The second-order valence-corrected chi connectivity index (χ2v) is 7.04. The maximum absolute atomic E-state index is 12.6. The topological polar surface area (TPSA) is 58.2 Å². The van der Waals surface area contributed by atoms with Gasteiger partial charge in [-0.25, -0.2) is 0 Å². The van der Waals surface area contributed by atoms with Crippen LogP contribution in [0.4, 0.5) is 5.69 Å². The molecule has 0 spiro atoms. The van der Waals surface area contributed by atoms with Crippen molar-refractivity contribution in [3.63, 3.8) is 0 Å². The molecule has 1 atom stereocenters. The number of rotatable bonds is 5. The Hall–Kier alpha value is -3.11. The molecule has 0 bridgehead atoms. The highest BCUT2D eigenvalue weighted by Gasteiger charge is 2.14. The average molecular weight is 393 g/mol. The van der Waals surface area contributed by atoms with Crippen molar-refractivity contribution in [1.29, 1.82) is 0 Å². The van der Waals surface area contributed by atoms with Crippen LogP contribution in [0.1, 0.15) is 44.8 Å². The summed E-state index contributed by atoms with van der Waals surface area (Å²) in [6.07, 6.45) is 0. The second-order valence-electron chi connectivity index (χ2n) is 6.60. The van der Waals surface area contributed by atoms with E-state index in [2.05, 4.69) is 10.6 Å². The number of hydrogen-bond donors (Lipinski definition) is 2. The zero-order chi connectivity index (χ0) is 20.1. The highest BCUT2D eigenvalue weighted by molar-refractivity contribution is 6.31. The first kappa shape index (κ1) is 19.6. The van der Waals surface area contributed by atoms with Crippen molar-refractivity contribution < 1.29 is 9.59 Å². The van der Waals surface area contributed by atoms with E-state index < -0.39 is 0 Å². The Labute approximate surface area is 169 Å². The Morgan fingerprint density at radius 2 is 1.54 bits per heavy atom. The molecule has 3 aromatic carbocycles. The van der Waals surface area contributed by atoms with Crippen LogP contribution in [0.5, 0.6) is 0 Å². The number of benzene rings is 3. The van der Waals surface area contributed by atoms with E-state index in [1.807, 2.05) is 50.2 Å². The number of nitrogens with one attached hydrogen (secondary N) is 2. The first-order chi connectivity index (χ1) is 13.4. The fourth-order valence-corrected chi connectivity index (χ4v) is 3.00. The maximum Gasteiger partial charge on any atom is 0.255 e. The van der Waals surface area contributed by atoms with Gasteiger partial charge in [-0.1, -0.05) is 54.1 Å². The first-order valence-corrected chi connectivity index (χ1v) is 9.35. The SMILES string of the molecule is Cc1ccc(Cl)cc1NC(=O)c1cccc(C(=O)NC(C)c2ccccc2)c1. The second kappa shape index (κ2) is 8.72. The zero-order valence-corrected chi connectivity index (χ0v) is 16.5. The van der Waals surface area contributed by atoms with Crippen molar-refractivity contribution in [3.8, 4) is 0 Å². The van der Waals surface area contributed by atoms with Crippen molar-refractivity contribution in [2.24, 2.45) is 0 Å². The molecule has 3 rings (SSSR count). The van der Waals surface area contributed by atoms with Crippen LogP contribution in [0.2, 0.25) is 5.02 Å². The smallest absolute Gasteiger partial charge is 0.255 e. The third-order valence-corrected chi connectivity index (χ3v) is 4.72. The molecule has 2 amide bonds. The van der Waals surface area contributed by atoms with E-state index in [1.54, 1.807) is 36.4 Å². The summed E-state index contributed by atoms with van der Waals surface area (Å²) in [5.74, 6) is -0.527. The van der Waals surface area contributed by atoms with E-state index in [1.165, 1.54) is 0 Å². The van der Waals surface area contributed by atoms with Gasteiger partial charge in [0, 0.05) is 21.8 Å². The molecule has 0 saturated carbocycles. The first-order valence-electron chi connectivity index (χ1n) is 8.97. The van der Waals surface area contributed by atoms with Crippen LogP contribution in [0.25, 0.3) is 0 Å². The predicted octanol–water partition coefficient (Wildman–Crippen LogP) is 5.39. The molecule has 5 heteroatoms. The molecule has 28 heavy (non-hydrogen) atoms. The monoisotopic (exact) mass is 392 g/mol. The molecule has 0 saturated heterocycles. The number of carbonyl (C=O) groups excluding carboxylic acids is 2. The van der Waals surface area contributed by atoms with Gasteiger partial charge >= 0.3 is 0 Å². The maximum atomic E-state index is 12.6. The largest absolute Gasteiger partial charge is 0.346 e. The van der Waals surface area contributed by atoms with Gasteiger partial charge in [0.1, 0.15) is 0 Å². The molecular formula is C23H21ClN2O2. The summed E-state index contributed by atoms with van der Waals surface area (Å²) in [7, 11) is 0. The highest BCUT2D eigenvalue weighted by atomic mass is 35.5. The molecule has 3 aromatic rings. The predicted molar refractivity (Wildman–Crippen MR) is 113 cm³/mol. The molecule has 0 aliphatic carbocycles. The summed E-state index contributed by atoms with van der Waals surface area (Å²) in [5.41, 5.74) is 3.40. The van der Waals surface area contributed by atoms with Gasteiger partial charge in [0.25, 0.3) is 11.8 Å². The lowest BCUT2D eigenvalue weighted by molar-refractivity contribution is 0.0940. The fourth-order valence-electron chi connectivity index (χ4n) is 2.83. The van der Waals surface area contributed by atoms with Crippen LogP contribution in [0.3, 0.4) is 0 Å².